The SMILES string of the molecule is CCN(CC)c1ccc(C=NNC(=O)c2cc(Br)ccc2OCc2ccccc2)cc1. The van der Waals surface area contributed by atoms with Crippen LogP contribution in [-0.2, 0) is 6.61 Å². The summed E-state index contributed by atoms with van der Waals surface area (Å²) in [5, 5.41) is 4.11. The molecular weight excluding hydrogens is 454 g/mol. The molecule has 0 radical (unpaired) electrons. The van der Waals surface area contributed by atoms with Gasteiger partial charge in [0.05, 0.1) is 11.8 Å². The van der Waals surface area contributed by atoms with E-state index in [2.05, 4.69) is 57.3 Å². The van der Waals surface area contributed by atoms with Gasteiger partial charge in [-0.15, -0.1) is 0 Å². The Morgan fingerprint density at radius 3 is 2.42 bits per heavy atom. The van der Waals surface area contributed by atoms with Crippen molar-refractivity contribution in [2.45, 2.75) is 20.5 Å². The second kappa shape index (κ2) is 11.3. The molecular formula is C25H26BrN3O2. The number of ether oxygens (including phenoxy) is 1. The maximum Gasteiger partial charge on any atom is 0.275 e. The van der Waals surface area contributed by atoms with Crippen LogP contribution in [0.15, 0.2) is 82.4 Å². The zero-order chi connectivity index (χ0) is 22.1. The monoisotopic (exact) mass is 479 g/mol. The highest BCUT2D eigenvalue weighted by Crippen LogP contribution is 2.24. The van der Waals surface area contributed by atoms with Crippen LogP contribution < -0.4 is 15.1 Å². The third-order valence-corrected chi connectivity index (χ3v) is 5.32. The van der Waals surface area contributed by atoms with Crippen molar-refractivity contribution in [1.82, 2.24) is 5.43 Å². The number of anilines is 1. The molecule has 0 spiro atoms. The lowest BCUT2D eigenvalue weighted by Crippen LogP contribution is -2.21. The van der Waals surface area contributed by atoms with Gasteiger partial charge in [0.2, 0.25) is 0 Å². The van der Waals surface area contributed by atoms with Crippen molar-refractivity contribution >= 4 is 33.7 Å². The number of hydrogen-bond acceptors (Lipinski definition) is 4. The van der Waals surface area contributed by atoms with E-state index in [1.54, 1.807) is 18.3 Å². The molecule has 5 nitrogen and oxygen atoms in total. The first-order valence-electron chi connectivity index (χ1n) is 10.3. The van der Waals surface area contributed by atoms with E-state index in [1.807, 2.05) is 48.5 Å². The van der Waals surface area contributed by atoms with Gasteiger partial charge in [-0.05, 0) is 55.3 Å². The van der Waals surface area contributed by atoms with E-state index in [0.29, 0.717) is 17.9 Å². The van der Waals surface area contributed by atoms with Gasteiger partial charge in [0, 0.05) is 23.2 Å². The molecule has 0 bridgehead atoms. The molecule has 6 heteroatoms. The second-order valence-corrected chi connectivity index (χ2v) is 7.79. The number of amides is 1. The van der Waals surface area contributed by atoms with Crippen LogP contribution in [0, 0.1) is 0 Å². The van der Waals surface area contributed by atoms with Gasteiger partial charge in [0.1, 0.15) is 12.4 Å². The second-order valence-electron chi connectivity index (χ2n) is 6.88. The summed E-state index contributed by atoms with van der Waals surface area (Å²) in [4.78, 5) is 15.0. The van der Waals surface area contributed by atoms with Crippen LogP contribution in [0.5, 0.6) is 5.75 Å². The van der Waals surface area contributed by atoms with Gasteiger partial charge >= 0.3 is 0 Å². The third-order valence-electron chi connectivity index (χ3n) is 4.82. The van der Waals surface area contributed by atoms with E-state index in [1.165, 1.54) is 5.69 Å². The number of halogens is 1. The van der Waals surface area contributed by atoms with Crippen molar-refractivity contribution in [2.24, 2.45) is 5.10 Å². The molecule has 0 aliphatic rings. The molecule has 0 saturated heterocycles. The van der Waals surface area contributed by atoms with E-state index in [9.17, 15) is 4.79 Å². The van der Waals surface area contributed by atoms with Gasteiger partial charge in [-0.2, -0.15) is 5.10 Å². The smallest absolute Gasteiger partial charge is 0.275 e. The first-order chi connectivity index (χ1) is 15.1. The lowest BCUT2D eigenvalue weighted by molar-refractivity contribution is 0.0950. The summed E-state index contributed by atoms with van der Waals surface area (Å²) >= 11 is 3.42. The van der Waals surface area contributed by atoms with Crippen molar-refractivity contribution in [3.63, 3.8) is 0 Å². The number of carbonyl (C=O) groups excluding carboxylic acids is 1. The largest absolute Gasteiger partial charge is 0.488 e. The summed E-state index contributed by atoms with van der Waals surface area (Å²) in [6, 6.07) is 23.3. The highest BCUT2D eigenvalue weighted by Gasteiger charge is 2.13. The Bertz CT molecular complexity index is 1020. The highest BCUT2D eigenvalue weighted by atomic mass is 79.9. The summed E-state index contributed by atoms with van der Waals surface area (Å²) in [6.45, 7) is 6.57. The average molecular weight is 480 g/mol. The number of nitrogens with zero attached hydrogens (tertiary/aromatic N) is 2. The number of rotatable bonds is 9. The topological polar surface area (TPSA) is 53.9 Å². The van der Waals surface area contributed by atoms with Gasteiger partial charge < -0.3 is 9.64 Å². The van der Waals surface area contributed by atoms with Gasteiger partial charge in [-0.1, -0.05) is 58.4 Å². The van der Waals surface area contributed by atoms with Crippen LogP contribution in [0.25, 0.3) is 0 Å². The van der Waals surface area contributed by atoms with Gasteiger partial charge in [-0.3, -0.25) is 4.79 Å². The normalized spacial score (nSPS) is 10.8. The zero-order valence-electron chi connectivity index (χ0n) is 17.7. The van der Waals surface area contributed by atoms with Crippen molar-refractivity contribution < 1.29 is 9.53 Å². The molecule has 3 rings (SSSR count). The lowest BCUT2D eigenvalue weighted by Gasteiger charge is -2.20. The molecule has 0 fully saturated rings. The summed E-state index contributed by atoms with van der Waals surface area (Å²) in [5.41, 5.74) is 6.11. The predicted molar refractivity (Wildman–Crippen MR) is 130 cm³/mol. The molecule has 3 aromatic rings. The standard InChI is InChI=1S/C25H26BrN3O2/c1-3-29(4-2)22-13-10-19(11-14-22)17-27-28-25(30)23-16-21(26)12-15-24(23)31-18-20-8-6-5-7-9-20/h5-17H,3-4,18H2,1-2H3,(H,28,30). The molecule has 0 unspecified atom stereocenters. The Balaban J connectivity index is 1.65. The molecule has 0 aromatic heterocycles. The van der Waals surface area contributed by atoms with Gasteiger partial charge in [0.15, 0.2) is 0 Å². The zero-order valence-corrected chi connectivity index (χ0v) is 19.3. The fraction of sp³-hybridized carbons (Fsp3) is 0.200. The number of hydrogen-bond donors (Lipinski definition) is 1. The molecule has 1 amide bonds. The number of nitrogens with one attached hydrogen (secondary N) is 1. The molecule has 0 aliphatic carbocycles. The van der Waals surface area contributed by atoms with Crippen molar-refractivity contribution in [2.75, 3.05) is 18.0 Å². The maximum absolute atomic E-state index is 12.7. The summed E-state index contributed by atoms with van der Waals surface area (Å²) in [5.74, 6) is 0.170. The Morgan fingerprint density at radius 2 is 1.74 bits per heavy atom. The molecule has 1 N–H and O–H groups in total. The van der Waals surface area contributed by atoms with Gasteiger partial charge in [-0.25, -0.2) is 5.43 Å². The summed E-state index contributed by atoms with van der Waals surface area (Å²) in [6.07, 6.45) is 1.63. The van der Waals surface area contributed by atoms with Crippen LogP contribution in [-0.4, -0.2) is 25.2 Å². The fourth-order valence-corrected chi connectivity index (χ4v) is 3.49. The maximum atomic E-state index is 12.7. The van der Waals surface area contributed by atoms with Crippen LogP contribution in [0.1, 0.15) is 35.3 Å². The first kappa shape index (κ1) is 22.6. The summed E-state index contributed by atoms with van der Waals surface area (Å²) < 4.78 is 6.67. The van der Waals surface area contributed by atoms with Gasteiger partial charge in [0.25, 0.3) is 5.91 Å². The number of hydrazone groups is 1. The molecule has 0 atom stereocenters. The van der Waals surface area contributed by atoms with E-state index in [-0.39, 0.29) is 5.91 Å². The highest BCUT2D eigenvalue weighted by molar-refractivity contribution is 9.10. The number of carbonyl (C=O) groups is 1. The molecule has 0 saturated carbocycles. The molecule has 0 heterocycles. The fourth-order valence-electron chi connectivity index (χ4n) is 3.13. The predicted octanol–water partition coefficient (Wildman–Crippen LogP) is 5.64. The van der Waals surface area contributed by atoms with Crippen LogP contribution in [0.3, 0.4) is 0 Å². The van der Waals surface area contributed by atoms with Crippen LogP contribution in [0.4, 0.5) is 5.69 Å². The third kappa shape index (κ3) is 6.43. The Kier molecular flexibility index (Phi) is 8.24. The van der Waals surface area contributed by atoms with E-state index < -0.39 is 0 Å². The lowest BCUT2D eigenvalue weighted by atomic mass is 10.2. The minimum Gasteiger partial charge on any atom is -0.488 e. The Morgan fingerprint density at radius 1 is 1.03 bits per heavy atom. The molecule has 0 aliphatic heterocycles. The van der Waals surface area contributed by atoms with E-state index in [4.69, 9.17) is 4.74 Å². The van der Waals surface area contributed by atoms with E-state index >= 15 is 0 Å². The average Bonchev–Trinajstić information content (AvgIpc) is 2.80. The number of benzene rings is 3. The van der Waals surface area contributed by atoms with E-state index in [0.717, 1.165) is 28.7 Å². The van der Waals surface area contributed by atoms with Crippen LogP contribution in [0.2, 0.25) is 0 Å². The Labute approximate surface area is 191 Å². The van der Waals surface area contributed by atoms with Crippen LogP contribution >= 0.6 is 15.9 Å². The summed E-state index contributed by atoms with van der Waals surface area (Å²) in [7, 11) is 0. The molecule has 3 aromatic carbocycles. The molecule has 160 valence electrons. The quantitative estimate of drug-likeness (QED) is 0.319. The molecule has 31 heavy (non-hydrogen) atoms. The Hall–Kier alpha value is -3.12. The first-order valence-corrected chi connectivity index (χ1v) is 11.0. The van der Waals surface area contributed by atoms with Crippen molar-refractivity contribution in [1.29, 1.82) is 0 Å². The minimum atomic E-state index is -0.333. The van der Waals surface area contributed by atoms with Crippen molar-refractivity contribution in [3.05, 3.63) is 94.0 Å². The van der Waals surface area contributed by atoms with Crippen molar-refractivity contribution in [3.8, 4) is 5.75 Å². The minimum absolute atomic E-state index is 0.333.